The van der Waals surface area contributed by atoms with Gasteiger partial charge in [0.1, 0.15) is 11.5 Å². The van der Waals surface area contributed by atoms with E-state index in [1.54, 1.807) is 91.0 Å². The number of amides is 3. The summed E-state index contributed by atoms with van der Waals surface area (Å²) in [4.78, 5) is 48.5. The fraction of sp³-hybridized carbons (Fsp3) is 0.0667. The summed E-state index contributed by atoms with van der Waals surface area (Å²) in [5.41, 5.74) is 2.78. The Balaban J connectivity index is 1.34. The maximum atomic E-state index is 12.6. The molecule has 0 aliphatic carbocycles. The predicted molar refractivity (Wildman–Crippen MR) is 145 cm³/mol. The van der Waals surface area contributed by atoms with Crippen molar-refractivity contribution in [2.45, 2.75) is 6.92 Å². The number of carbonyl (C=O) groups excluding carboxylic acids is 4. The lowest BCUT2D eigenvalue weighted by Gasteiger charge is -2.10. The van der Waals surface area contributed by atoms with Crippen molar-refractivity contribution in [1.82, 2.24) is 5.32 Å². The van der Waals surface area contributed by atoms with E-state index in [2.05, 4.69) is 16.0 Å². The minimum atomic E-state index is -0.338. The van der Waals surface area contributed by atoms with Gasteiger partial charge >= 0.3 is 0 Å². The van der Waals surface area contributed by atoms with E-state index in [1.165, 1.54) is 20.0 Å². The number of carbonyl (C=O) groups is 4. The van der Waals surface area contributed by atoms with E-state index < -0.39 is 0 Å². The van der Waals surface area contributed by atoms with E-state index in [4.69, 9.17) is 4.74 Å². The number of benzene rings is 4. The smallest absolute Gasteiger partial charge is 0.255 e. The molecular formula is C30H25N3O5. The van der Waals surface area contributed by atoms with Crippen molar-refractivity contribution in [2.75, 3.05) is 17.7 Å². The molecule has 0 aliphatic heterocycles. The molecule has 0 fully saturated rings. The molecule has 0 atom stereocenters. The maximum absolute atomic E-state index is 12.6. The highest BCUT2D eigenvalue weighted by Crippen LogP contribution is 2.25. The molecule has 8 nitrogen and oxygen atoms in total. The van der Waals surface area contributed by atoms with Crippen molar-refractivity contribution in [2.24, 2.45) is 0 Å². The number of hydrogen-bond donors (Lipinski definition) is 3. The molecule has 190 valence electrons. The van der Waals surface area contributed by atoms with Gasteiger partial charge < -0.3 is 20.7 Å². The highest BCUT2D eigenvalue weighted by atomic mass is 16.5. The third-order valence-electron chi connectivity index (χ3n) is 5.61. The number of nitrogens with one attached hydrogen (secondary N) is 3. The number of rotatable bonds is 8. The number of anilines is 2. The van der Waals surface area contributed by atoms with Gasteiger partial charge in [-0.1, -0.05) is 18.2 Å². The fourth-order valence-corrected chi connectivity index (χ4v) is 3.58. The van der Waals surface area contributed by atoms with Gasteiger partial charge in [-0.25, -0.2) is 0 Å². The lowest BCUT2D eigenvalue weighted by atomic mass is 10.1. The molecule has 0 unspecified atom stereocenters. The van der Waals surface area contributed by atoms with Crippen LogP contribution in [0.4, 0.5) is 11.4 Å². The van der Waals surface area contributed by atoms with Crippen molar-refractivity contribution >= 4 is 34.9 Å². The summed E-state index contributed by atoms with van der Waals surface area (Å²) in [5.74, 6) is 0.0851. The largest absolute Gasteiger partial charge is 0.457 e. The van der Waals surface area contributed by atoms with E-state index in [0.717, 1.165) is 0 Å². The van der Waals surface area contributed by atoms with Crippen LogP contribution in [0, 0.1) is 0 Å². The molecule has 8 heteroatoms. The van der Waals surface area contributed by atoms with E-state index >= 15 is 0 Å². The first kappa shape index (κ1) is 25.8. The quantitative estimate of drug-likeness (QED) is 0.271. The third kappa shape index (κ3) is 6.50. The average molecular weight is 508 g/mol. The van der Waals surface area contributed by atoms with Crippen LogP contribution in [0.2, 0.25) is 0 Å². The average Bonchev–Trinajstić information content (AvgIpc) is 2.94. The zero-order valence-corrected chi connectivity index (χ0v) is 20.8. The van der Waals surface area contributed by atoms with Crippen LogP contribution in [-0.4, -0.2) is 30.6 Å². The Kier molecular flexibility index (Phi) is 7.93. The SMILES string of the molecule is CNC(=O)c1cccc(C(=O)Nc2ccc(Oc3ccc(NC(=O)c4cccc(C(C)=O)c4)cc3)cc2)c1. The van der Waals surface area contributed by atoms with Gasteiger partial charge in [-0.05, 0) is 85.8 Å². The minimum Gasteiger partial charge on any atom is -0.457 e. The van der Waals surface area contributed by atoms with Gasteiger partial charge in [0.15, 0.2) is 5.78 Å². The summed E-state index contributed by atoms with van der Waals surface area (Å²) >= 11 is 0. The normalized spacial score (nSPS) is 10.3. The first-order valence-corrected chi connectivity index (χ1v) is 11.8. The second kappa shape index (κ2) is 11.7. The van der Waals surface area contributed by atoms with E-state index in [9.17, 15) is 19.2 Å². The Morgan fingerprint density at radius 2 is 0.947 bits per heavy atom. The summed E-state index contributed by atoms with van der Waals surface area (Å²) < 4.78 is 5.86. The first-order chi connectivity index (χ1) is 18.3. The minimum absolute atomic E-state index is 0.107. The molecule has 0 bridgehead atoms. The second-order valence-electron chi connectivity index (χ2n) is 8.36. The van der Waals surface area contributed by atoms with Crippen molar-refractivity contribution in [3.05, 3.63) is 119 Å². The van der Waals surface area contributed by atoms with Crippen LogP contribution in [0.1, 0.15) is 48.4 Å². The molecular weight excluding hydrogens is 482 g/mol. The van der Waals surface area contributed by atoms with Crippen LogP contribution >= 0.6 is 0 Å². The molecule has 0 saturated carbocycles. The number of hydrogen-bond acceptors (Lipinski definition) is 5. The standard InChI is InChI=1S/C30H25N3O5/c1-19(34)20-5-3-7-22(17-20)29(36)32-24-9-13-26(14-10-24)38-27-15-11-25(12-16-27)33-30(37)23-8-4-6-21(18-23)28(35)31-2/h3-18H,1-2H3,(H,31,35)(H,32,36)(H,33,37). The zero-order chi connectivity index (χ0) is 27.1. The zero-order valence-electron chi connectivity index (χ0n) is 20.8. The molecule has 3 amide bonds. The van der Waals surface area contributed by atoms with Crippen LogP contribution < -0.4 is 20.7 Å². The van der Waals surface area contributed by atoms with Gasteiger partial charge in [-0.2, -0.15) is 0 Å². The number of ketones is 1. The van der Waals surface area contributed by atoms with Gasteiger partial charge in [0.2, 0.25) is 0 Å². The monoisotopic (exact) mass is 507 g/mol. The predicted octanol–water partition coefficient (Wildman–Crippen LogP) is 5.55. The van der Waals surface area contributed by atoms with E-state index in [0.29, 0.717) is 45.1 Å². The molecule has 3 N–H and O–H groups in total. The van der Waals surface area contributed by atoms with Gasteiger partial charge in [0.05, 0.1) is 0 Å². The Hall–Kier alpha value is -5.24. The molecule has 0 radical (unpaired) electrons. The second-order valence-corrected chi connectivity index (χ2v) is 8.36. The lowest BCUT2D eigenvalue weighted by molar-refractivity contribution is 0.0960. The molecule has 0 heterocycles. The molecule has 0 aliphatic rings. The molecule has 4 aromatic rings. The van der Waals surface area contributed by atoms with E-state index in [1.807, 2.05) is 0 Å². The maximum Gasteiger partial charge on any atom is 0.255 e. The molecule has 0 saturated heterocycles. The van der Waals surface area contributed by atoms with Crippen LogP contribution in [0.5, 0.6) is 11.5 Å². The van der Waals surface area contributed by atoms with Gasteiger partial charge in [0, 0.05) is 40.7 Å². The van der Waals surface area contributed by atoms with Gasteiger partial charge in [0.25, 0.3) is 17.7 Å². The van der Waals surface area contributed by atoms with Crippen LogP contribution in [0.25, 0.3) is 0 Å². The number of ether oxygens (including phenoxy) is 1. The molecule has 4 aromatic carbocycles. The van der Waals surface area contributed by atoms with Gasteiger partial charge in [-0.15, -0.1) is 0 Å². The van der Waals surface area contributed by atoms with Crippen molar-refractivity contribution in [3.8, 4) is 11.5 Å². The summed E-state index contributed by atoms with van der Waals surface area (Å²) in [5, 5.41) is 8.13. The van der Waals surface area contributed by atoms with Gasteiger partial charge in [-0.3, -0.25) is 19.2 Å². The summed E-state index contributed by atoms with van der Waals surface area (Å²) in [6.45, 7) is 1.45. The van der Waals surface area contributed by atoms with Crippen molar-refractivity contribution in [3.63, 3.8) is 0 Å². The van der Waals surface area contributed by atoms with Crippen LogP contribution in [-0.2, 0) is 0 Å². The van der Waals surface area contributed by atoms with Crippen molar-refractivity contribution in [1.29, 1.82) is 0 Å². The molecule has 0 spiro atoms. The summed E-state index contributed by atoms with van der Waals surface area (Å²) in [6, 6.07) is 26.7. The van der Waals surface area contributed by atoms with Crippen LogP contribution in [0.3, 0.4) is 0 Å². The lowest BCUT2D eigenvalue weighted by Crippen LogP contribution is -2.19. The Labute approximate surface area is 219 Å². The Bertz CT molecular complexity index is 1500. The number of Topliss-reactive ketones (excluding diaryl/α,β-unsaturated/α-hetero) is 1. The molecule has 0 aromatic heterocycles. The summed E-state index contributed by atoms with van der Waals surface area (Å²) in [6.07, 6.45) is 0. The van der Waals surface area contributed by atoms with Crippen LogP contribution in [0.15, 0.2) is 97.1 Å². The molecule has 4 rings (SSSR count). The first-order valence-electron chi connectivity index (χ1n) is 11.8. The molecule has 38 heavy (non-hydrogen) atoms. The van der Waals surface area contributed by atoms with Crippen molar-refractivity contribution < 1.29 is 23.9 Å². The topological polar surface area (TPSA) is 114 Å². The highest BCUT2D eigenvalue weighted by Gasteiger charge is 2.11. The summed E-state index contributed by atoms with van der Waals surface area (Å²) in [7, 11) is 1.53. The highest BCUT2D eigenvalue weighted by molar-refractivity contribution is 6.07. The Morgan fingerprint density at radius 1 is 0.553 bits per heavy atom. The third-order valence-corrected chi connectivity index (χ3v) is 5.61. The Morgan fingerprint density at radius 3 is 1.37 bits per heavy atom. The fourth-order valence-electron chi connectivity index (χ4n) is 3.58. The van der Waals surface area contributed by atoms with E-state index in [-0.39, 0.29) is 23.5 Å².